The van der Waals surface area contributed by atoms with Crippen molar-refractivity contribution < 1.29 is 9.53 Å². The molecule has 0 aliphatic rings. The van der Waals surface area contributed by atoms with Crippen molar-refractivity contribution in [1.29, 1.82) is 0 Å². The van der Waals surface area contributed by atoms with E-state index in [0.717, 1.165) is 43.1 Å². The standard InChI is InChI=1S/C20H21N5O2S/c1-11-5-12-7-17(28-19(12)16(6-11)27-2)15-8-13(3-4-14(26)9-21)25-18(15)20(22)23-10-24-25/h5-8,10H,3-4,9,21H2,1-2H3,(H2,22,23,24). The number of hydrogen-bond donors (Lipinski definition) is 2. The highest BCUT2D eigenvalue weighted by molar-refractivity contribution is 7.22. The smallest absolute Gasteiger partial charge is 0.152 e. The maximum Gasteiger partial charge on any atom is 0.152 e. The van der Waals surface area contributed by atoms with Crippen molar-refractivity contribution in [3.05, 3.63) is 41.9 Å². The SMILES string of the molecule is COc1cc(C)cc2cc(-c3cc(CCC(=O)CN)n4ncnc(N)c34)sc12. The number of hydrogen-bond acceptors (Lipinski definition) is 7. The van der Waals surface area contributed by atoms with Crippen LogP contribution >= 0.6 is 11.3 Å². The Morgan fingerprint density at radius 2 is 2.11 bits per heavy atom. The first-order valence-electron chi connectivity index (χ1n) is 8.93. The predicted molar refractivity (Wildman–Crippen MR) is 112 cm³/mol. The van der Waals surface area contributed by atoms with Crippen LogP contribution in [0.3, 0.4) is 0 Å². The van der Waals surface area contributed by atoms with E-state index in [2.05, 4.69) is 22.2 Å². The zero-order valence-electron chi connectivity index (χ0n) is 15.7. The van der Waals surface area contributed by atoms with Gasteiger partial charge in [-0.25, -0.2) is 9.50 Å². The minimum Gasteiger partial charge on any atom is -0.495 e. The van der Waals surface area contributed by atoms with Crippen LogP contribution in [0.2, 0.25) is 0 Å². The van der Waals surface area contributed by atoms with E-state index in [4.69, 9.17) is 16.2 Å². The minimum atomic E-state index is 0.0144. The number of nitrogens with zero attached hydrogens (tertiary/aromatic N) is 3. The summed E-state index contributed by atoms with van der Waals surface area (Å²) in [6.07, 6.45) is 2.34. The van der Waals surface area contributed by atoms with E-state index in [1.54, 1.807) is 23.0 Å². The largest absolute Gasteiger partial charge is 0.495 e. The summed E-state index contributed by atoms with van der Waals surface area (Å²) in [7, 11) is 1.68. The fourth-order valence-corrected chi connectivity index (χ4v) is 4.57. The molecule has 0 aliphatic heterocycles. The number of methoxy groups -OCH3 is 1. The van der Waals surface area contributed by atoms with Gasteiger partial charge in [-0.1, -0.05) is 6.07 Å². The molecule has 0 atom stereocenters. The number of nitrogens with two attached hydrogens (primary N) is 2. The quantitative estimate of drug-likeness (QED) is 0.519. The van der Waals surface area contributed by atoms with E-state index in [1.807, 2.05) is 19.1 Å². The molecule has 0 bridgehead atoms. The number of thiophene rings is 1. The highest BCUT2D eigenvalue weighted by Crippen LogP contribution is 2.42. The van der Waals surface area contributed by atoms with E-state index in [0.29, 0.717) is 18.7 Å². The first-order valence-corrected chi connectivity index (χ1v) is 9.75. The van der Waals surface area contributed by atoms with Gasteiger partial charge in [0.05, 0.1) is 18.4 Å². The summed E-state index contributed by atoms with van der Waals surface area (Å²) >= 11 is 1.64. The summed E-state index contributed by atoms with van der Waals surface area (Å²) in [6, 6.07) is 8.33. The molecule has 4 aromatic rings. The van der Waals surface area contributed by atoms with Gasteiger partial charge in [0.2, 0.25) is 0 Å². The maximum atomic E-state index is 11.7. The molecule has 0 saturated heterocycles. The highest BCUT2D eigenvalue weighted by Gasteiger charge is 2.18. The average Bonchev–Trinajstić information content (AvgIpc) is 3.27. The second-order valence-electron chi connectivity index (χ2n) is 6.69. The molecule has 1 aromatic carbocycles. The Kier molecular flexibility index (Phi) is 4.74. The molecule has 4 rings (SSSR count). The third-order valence-corrected chi connectivity index (χ3v) is 5.95. The number of ether oxygens (including phenoxy) is 1. The summed E-state index contributed by atoms with van der Waals surface area (Å²) in [6.45, 7) is 2.09. The summed E-state index contributed by atoms with van der Waals surface area (Å²) in [5, 5.41) is 5.47. The number of aryl methyl sites for hydroxylation is 2. The maximum absolute atomic E-state index is 11.7. The van der Waals surface area contributed by atoms with Crippen LogP contribution in [0.5, 0.6) is 5.75 Å². The normalized spacial score (nSPS) is 11.4. The van der Waals surface area contributed by atoms with Crippen LogP contribution in [0, 0.1) is 6.92 Å². The van der Waals surface area contributed by atoms with Crippen LogP contribution < -0.4 is 16.2 Å². The molecule has 144 valence electrons. The number of carbonyl (C=O) groups excluding carboxylic acids is 1. The van der Waals surface area contributed by atoms with Crippen molar-refractivity contribution in [2.24, 2.45) is 5.73 Å². The second-order valence-corrected chi connectivity index (χ2v) is 7.75. The molecule has 0 amide bonds. The molecule has 0 aliphatic carbocycles. The lowest BCUT2D eigenvalue weighted by molar-refractivity contribution is -0.117. The Bertz CT molecular complexity index is 1190. The average molecular weight is 395 g/mol. The topological polar surface area (TPSA) is 109 Å². The van der Waals surface area contributed by atoms with Gasteiger partial charge in [0.15, 0.2) is 5.82 Å². The first kappa shape index (κ1) is 18.4. The van der Waals surface area contributed by atoms with Crippen LogP contribution in [0.25, 0.3) is 26.0 Å². The summed E-state index contributed by atoms with van der Waals surface area (Å²) in [4.78, 5) is 16.9. The number of Topliss-reactive ketones (excluding diaryl/α,β-unsaturated/α-hetero) is 1. The van der Waals surface area contributed by atoms with Crippen molar-refractivity contribution >= 4 is 38.5 Å². The molecule has 0 fully saturated rings. The molecule has 3 heterocycles. The van der Waals surface area contributed by atoms with Gasteiger partial charge in [-0.2, -0.15) is 5.10 Å². The Morgan fingerprint density at radius 1 is 1.29 bits per heavy atom. The molecule has 0 radical (unpaired) electrons. The molecule has 0 unspecified atom stereocenters. The Hall–Kier alpha value is -2.97. The van der Waals surface area contributed by atoms with Gasteiger partial charge in [0, 0.05) is 22.6 Å². The van der Waals surface area contributed by atoms with Gasteiger partial charge in [0.25, 0.3) is 0 Å². The van der Waals surface area contributed by atoms with E-state index < -0.39 is 0 Å². The molecule has 0 spiro atoms. The second kappa shape index (κ2) is 7.21. The molecular formula is C20H21N5O2S. The third-order valence-electron chi connectivity index (χ3n) is 4.76. The van der Waals surface area contributed by atoms with Crippen molar-refractivity contribution in [1.82, 2.24) is 14.6 Å². The molecule has 3 aromatic heterocycles. The van der Waals surface area contributed by atoms with Crippen molar-refractivity contribution in [3.63, 3.8) is 0 Å². The molecule has 28 heavy (non-hydrogen) atoms. The van der Waals surface area contributed by atoms with Crippen molar-refractivity contribution in [2.75, 3.05) is 19.4 Å². The lowest BCUT2D eigenvalue weighted by Crippen LogP contribution is -2.14. The van der Waals surface area contributed by atoms with Gasteiger partial charge in [-0.15, -0.1) is 11.3 Å². The summed E-state index contributed by atoms with van der Waals surface area (Å²) in [5.41, 5.74) is 15.4. The van der Waals surface area contributed by atoms with E-state index >= 15 is 0 Å². The van der Waals surface area contributed by atoms with Crippen LogP contribution in [-0.2, 0) is 11.2 Å². The van der Waals surface area contributed by atoms with Gasteiger partial charge in [-0.3, -0.25) is 4.79 Å². The number of benzene rings is 1. The van der Waals surface area contributed by atoms with Crippen LogP contribution in [0.4, 0.5) is 5.82 Å². The first-order chi connectivity index (χ1) is 13.5. The van der Waals surface area contributed by atoms with E-state index in [1.165, 1.54) is 6.33 Å². The fraction of sp³-hybridized carbons (Fsp3) is 0.250. The molecule has 7 nitrogen and oxygen atoms in total. The minimum absolute atomic E-state index is 0.0144. The molecular weight excluding hydrogens is 374 g/mol. The fourth-order valence-electron chi connectivity index (χ4n) is 3.42. The zero-order valence-corrected chi connectivity index (χ0v) is 16.5. The van der Waals surface area contributed by atoms with Crippen LogP contribution in [0.15, 0.2) is 30.6 Å². The van der Waals surface area contributed by atoms with Gasteiger partial charge < -0.3 is 16.2 Å². The zero-order chi connectivity index (χ0) is 19.8. The van der Waals surface area contributed by atoms with Gasteiger partial charge >= 0.3 is 0 Å². The predicted octanol–water partition coefficient (Wildman–Crippen LogP) is 2.97. The number of nitrogen functional groups attached to an aromatic ring is 1. The van der Waals surface area contributed by atoms with E-state index in [9.17, 15) is 4.79 Å². The molecule has 8 heteroatoms. The number of carbonyl (C=O) groups is 1. The lowest BCUT2D eigenvalue weighted by atomic mass is 10.1. The number of aromatic nitrogens is 3. The van der Waals surface area contributed by atoms with Crippen molar-refractivity contribution in [3.8, 4) is 16.2 Å². The molecule has 4 N–H and O–H groups in total. The Morgan fingerprint density at radius 3 is 2.86 bits per heavy atom. The number of ketones is 1. The van der Waals surface area contributed by atoms with Crippen LogP contribution in [0.1, 0.15) is 17.7 Å². The monoisotopic (exact) mass is 395 g/mol. The van der Waals surface area contributed by atoms with E-state index in [-0.39, 0.29) is 12.3 Å². The summed E-state index contributed by atoms with van der Waals surface area (Å²) < 4.78 is 8.41. The van der Waals surface area contributed by atoms with Crippen molar-refractivity contribution in [2.45, 2.75) is 19.8 Å². The highest BCUT2D eigenvalue weighted by atomic mass is 32.1. The third kappa shape index (κ3) is 3.10. The molecule has 0 saturated carbocycles. The lowest BCUT2D eigenvalue weighted by Gasteiger charge is -2.02. The Balaban J connectivity index is 1.89. The summed E-state index contributed by atoms with van der Waals surface area (Å²) in [5.74, 6) is 1.27. The number of anilines is 1. The van der Waals surface area contributed by atoms with Gasteiger partial charge in [0.1, 0.15) is 23.4 Å². The number of rotatable bonds is 6. The Labute approximate surface area is 165 Å². The van der Waals surface area contributed by atoms with Gasteiger partial charge in [-0.05, 0) is 42.5 Å². The number of fused-ring (bicyclic) bond motifs is 2. The van der Waals surface area contributed by atoms with Crippen LogP contribution in [-0.4, -0.2) is 34.0 Å².